The monoisotopic (exact) mass is 218 g/mol. The predicted molar refractivity (Wildman–Crippen MR) is 53.6 cm³/mol. The van der Waals surface area contributed by atoms with E-state index < -0.39 is 11.9 Å². The number of hydrogen-bond acceptors (Lipinski definition) is 4. The number of carboxylic acids is 1. The average Bonchev–Trinajstić information content (AvgIpc) is 2.20. The van der Waals surface area contributed by atoms with Crippen molar-refractivity contribution < 1.29 is 24.2 Å². The van der Waals surface area contributed by atoms with E-state index in [1.807, 2.05) is 0 Å². The minimum absolute atomic E-state index is 0.0482. The minimum atomic E-state index is -0.980. The lowest BCUT2D eigenvalue weighted by molar-refractivity contribution is -0.147. The van der Waals surface area contributed by atoms with Gasteiger partial charge in [-0.3, -0.25) is 9.59 Å². The first kappa shape index (κ1) is 13.9. The molecule has 0 fully saturated rings. The highest BCUT2D eigenvalue weighted by atomic mass is 16.5. The number of unbranched alkanes of at least 4 members (excludes halogenated alkanes) is 2. The largest absolute Gasteiger partial charge is 0.481 e. The van der Waals surface area contributed by atoms with Gasteiger partial charge in [-0.2, -0.15) is 0 Å². The van der Waals surface area contributed by atoms with Crippen LogP contribution in [-0.2, 0) is 19.1 Å². The molecule has 0 amide bonds. The molecule has 0 aromatic carbocycles. The Morgan fingerprint density at radius 2 is 1.73 bits per heavy atom. The second-order valence-electron chi connectivity index (χ2n) is 3.17. The minimum Gasteiger partial charge on any atom is -0.481 e. The summed E-state index contributed by atoms with van der Waals surface area (Å²) in [6.45, 7) is 1.08. The van der Waals surface area contributed by atoms with Gasteiger partial charge in [-0.05, 0) is 19.3 Å². The molecule has 0 aliphatic carbocycles. The van der Waals surface area contributed by atoms with Crippen LogP contribution < -0.4 is 0 Å². The van der Waals surface area contributed by atoms with E-state index in [9.17, 15) is 9.59 Å². The molecule has 0 aliphatic heterocycles. The third-order valence-electron chi connectivity index (χ3n) is 1.80. The molecule has 0 aliphatic rings. The van der Waals surface area contributed by atoms with Crippen molar-refractivity contribution in [3.8, 4) is 0 Å². The van der Waals surface area contributed by atoms with Gasteiger partial charge in [0.1, 0.15) is 0 Å². The number of carboxylic acid groups (broad SMARTS) is 1. The van der Waals surface area contributed by atoms with Crippen molar-refractivity contribution in [3.05, 3.63) is 0 Å². The summed E-state index contributed by atoms with van der Waals surface area (Å²) >= 11 is 0. The second kappa shape index (κ2) is 9.45. The van der Waals surface area contributed by atoms with Gasteiger partial charge in [-0.15, -0.1) is 0 Å². The molecule has 0 aromatic rings. The molecule has 0 saturated heterocycles. The molecule has 88 valence electrons. The van der Waals surface area contributed by atoms with Crippen molar-refractivity contribution in [2.75, 3.05) is 20.3 Å². The number of esters is 1. The predicted octanol–water partition coefficient (Wildman–Crippen LogP) is 1.21. The highest BCUT2D eigenvalue weighted by Crippen LogP contribution is 1.98. The Labute approximate surface area is 89.4 Å². The smallest absolute Gasteiger partial charge is 0.306 e. The van der Waals surface area contributed by atoms with Crippen LogP contribution in [0.15, 0.2) is 0 Å². The van der Waals surface area contributed by atoms with Gasteiger partial charge in [0.15, 0.2) is 0 Å². The van der Waals surface area contributed by atoms with E-state index in [-0.39, 0.29) is 12.8 Å². The Balaban J connectivity index is 3.20. The van der Waals surface area contributed by atoms with Gasteiger partial charge in [-0.1, -0.05) is 0 Å². The molecule has 0 aromatic heterocycles. The Morgan fingerprint density at radius 1 is 1.07 bits per heavy atom. The summed E-state index contributed by atoms with van der Waals surface area (Å²) in [6.07, 6.45) is 2.47. The van der Waals surface area contributed by atoms with E-state index in [4.69, 9.17) is 14.6 Å². The van der Waals surface area contributed by atoms with Crippen LogP contribution in [0.2, 0.25) is 0 Å². The highest BCUT2D eigenvalue weighted by molar-refractivity contribution is 5.76. The third-order valence-corrected chi connectivity index (χ3v) is 1.80. The van der Waals surface area contributed by atoms with E-state index in [1.54, 1.807) is 7.11 Å². The molecule has 1 N–H and O–H groups in total. The molecule has 0 radical (unpaired) electrons. The molecular formula is C10H18O5. The maximum atomic E-state index is 10.9. The summed E-state index contributed by atoms with van der Waals surface area (Å²) in [4.78, 5) is 21.1. The van der Waals surface area contributed by atoms with Crippen molar-refractivity contribution in [2.45, 2.75) is 32.1 Å². The summed E-state index contributed by atoms with van der Waals surface area (Å²) in [6, 6.07) is 0. The molecule has 0 spiro atoms. The van der Waals surface area contributed by atoms with Gasteiger partial charge in [0.25, 0.3) is 0 Å². The first-order valence-electron chi connectivity index (χ1n) is 5.03. The quantitative estimate of drug-likeness (QED) is 0.465. The highest BCUT2D eigenvalue weighted by Gasteiger charge is 2.05. The van der Waals surface area contributed by atoms with E-state index in [0.29, 0.717) is 13.2 Å². The zero-order valence-corrected chi connectivity index (χ0v) is 9.03. The topological polar surface area (TPSA) is 72.8 Å². The maximum Gasteiger partial charge on any atom is 0.306 e. The van der Waals surface area contributed by atoms with Crippen molar-refractivity contribution in [3.63, 3.8) is 0 Å². The number of carbonyl (C=O) groups excluding carboxylic acids is 1. The molecular weight excluding hydrogens is 200 g/mol. The standard InChI is InChI=1S/C10H18O5/c1-14-7-3-2-4-8-15-10(13)6-5-9(11)12/h2-8H2,1H3,(H,11,12). The Morgan fingerprint density at radius 3 is 2.33 bits per heavy atom. The average molecular weight is 218 g/mol. The Hall–Kier alpha value is -1.10. The Bertz CT molecular complexity index is 190. The van der Waals surface area contributed by atoms with Gasteiger partial charge in [0, 0.05) is 13.7 Å². The fourth-order valence-electron chi connectivity index (χ4n) is 0.992. The number of ether oxygens (including phenoxy) is 2. The molecule has 5 heteroatoms. The first-order valence-corrected chi connectivity index (χ1v) is 5.03. The van der Waals surface area contributed by atoms with Crippen LogP contribution in [0.1, 0.15) is 32.1 Å². The molecule has 0 unspecified atom stereocenters. The summed E-state index contributed by atoms with van der Waals surface area (Å²) in [5.74, 6) is -1.42. The normalized spacial score (nSPS) is 9.93. The van der Waals surface area contributed by atoms with Crippen LogP contribution >= 0.6 is 0 Å². The zero-order valence-electron chi connectivity index (χ0n) is 9.03. The van der Waals surface area contributed by atoms with Crippen LogP contribution in [0.5, 0.6) is 0 Å². The Kier molecular flexibility index (Phi) is 8.76. The number of methoxy groups -OCH3 is 1. The number of hydrogen-bond donors (Lipinski definition) is 1. The van der Waals surface area contributed by atoms with Crippen LogP contribution in [0.3, 0.4) is 0 Å². The third kappa shape index (κ3) is 10.8. The van der Waals surface area contributed by atoms with Gasteiger partial charge in [0.05, 0.1) is 19.4 Å². The molecule has 0 rings (SSSR count). The molecule has 0 atom stereocenters. The lowest BCUT2D eigenvalue weighted by Crippen LogP contribution is -2.08. The van der Waals surface area contributed by atoms with Crippen LogP contribution in [-0.4, -0.2) is 37.4 Å². The molecule has 0 bridgehead atoms. The van der Waals surface area contributed by atoms with Crippen molar-refractivity contribution >= 4 is 11.9 Å². The number of aliphatic carboxylic acids is 1. The summed E-state index contributed by atoms with van der Waals surface area (Å²) in [5.41, 5.74) is 0. The summed E-state index contributed by atoms with van der Waals surface area (Å²) in [7, 11) is 1.64. The van der Waals surface area contributed by atoms with Crippen LogP contribution in [0, 0.1) is 0 Å². The number of carbonyl (C=O) groups is 2. The van der Waals surface area contributed by atoms with E-state index in [2.05, 4.69) is 0 Å². The van der Waals surface area contributed by atoms with Gasteiger partial charge < -0.3 is 14.6 Å². The SMILES string of the molecule is COCCCCCOC(=O)CCC(=O)O. The fraction of sp³-hybridized carbons (Fsp3) is 0.800. The van der Waals surface area contributed by atoms with Crippen molar-refractivity contribution in [1.82, 2.24) is 0 Å². The second-order valence-corrected chi connectivity index (χ2v) is 3.17. The molecule has 0 saturated carbocycles. The zero-order chi connectivity index (χ0) is 11.5. The fourth-order valence-corrected chi connectivity index (χ4v) is 0.992. The molecule has 0 heterocycles. The molecule has 5 nitrogen and oxygen atoms in total. The molecule has 15 heavy (non-hydrogen) atoms. The van der Waals surface area contributed by atoms with E-state index >= 15 is 0 Å². The summed E-state index contributed by atoms with van der Waals surface area (Å²) < 4.78 is 9.69. The lowest BCUT2D eigenvalue weighted by atomic mass is 10.2. The van der Waals surface area contributed by atoms with Crippen LogP contribution in [0.4, 0.5) is 0 Å². The van der Waals surface area contributed by atoms with E-state index in [1.165, 1.54) is 0 Å². The van der Waals surface area contributed by atoms with Gasteiger partial charge in [-0.25, -0.2) is 0 Å². The van der Waals surface area contributed by atoms with Gasteiger partial charge in [0.2, 0.25) is 0 Å². The van der Waals surface area contributed by atoms with E-state index in [0.717, 1.165) is 19.3 Å². The lowest BCUT2D eigenvalue weighted by Gasteiger charge is -2.03. The van der Waals surface area contributed by atoms with Crippen LogP contribution in [0.25, 0.3) is 0 Å². The maximum absolute atomic E-state index is 10.9. The number of rotatable bonds is 9. The van der Waals surface area contributed by atoms with Crippen molar-refractivity contribution in [2.24, 2.45) is 0 Å². The van der Waals surface area contributed by atoms with Crippen molar-refractivity contribution in [1.29, 1.82) is 0 Å². The first-order chi connectivity index (χ1) is 7.16. The summed E-state index contributed by atoms with van der Waals surface area (Å²) in [5, 5.41) is 8.31. The van der Waals surface area contributed by atoms with Gasteiger partial charge >= 0.3 is 11.9 Å².